The molecule has 0 N–H and O–H groups in total. The van der Waals surface area contributed by atoms with E-state index >= 15 is 0 Å². The van der Waals surface area contributed by atoms with Crippen molar-refractivity contribution in [1.29, 1.82) is 0 Å². The minimum absolute atomic E-state index is 0.425. The van der Waals surface area contributed by atoms with Crippen LogP contribution in [0.1, 0.15) is 31.2 Å². The van der Waals surface area contributed by atoms with Crippen molar-refractivity contribution in [3.63, 3.8) is 0 Å². The van der Waals surface area contributed by atoms with E-state index in [1.54, 1.807) is 0 Å². The Kier molecular flexibility index (Phi) is 3.37. The fourth-order valence-electron chi connectivity index (χ4n) is 2.32. The van der Waals surface area contributed by atoms with Gasteiger partial charge in [0.2, 0.25) is 0 Å². The highest BCUT2D eigenvalue weighted by atomic mass is 15.3. The van der Waals surface area contributed by atoms with E-state index in [4.69, 9.17) is 0 Å². The van der Waals surface area contributed by atoms with E-state index in [1.165, 1.54) is 5.56 Å². The van der Waals surface area contributed by atoms with E-state index in [0.29, 0.717) is 5.92 Å². The summed E-state index contributed by atoms with van der Waals surface area (Å²) < 4.78 is 4.08. The number of hydrogen-bond acceptors (Lipinski definition) is 2. The topological polar surface area (TPSA) is 35.6 Å². The third-order valence-corrected chi connectivity index (χ3v) is 3.27. The van der Waals surface area contributed by atoms with Crippen molar-refractivity contribution in [2.24, 2.45) is 0 Å². The van der Waals surface area contributed by atoms with Gasteiger partial charge in [-0.15, -0.1) is 0 Å². The lowest BCUT2D eigenvalue weighted by molar-refractivity contribution is 0.669. The third kappa shape index (κ3) is 2.50. The molecule has 0 aliphatic heterocycles. The molecule has 0 saturated heterocycles. The number of imidazole rings is 1. The van der Waals surface area contributed by atoms with Crippen molar-refractivity contribution < 1.29 is 0 Å². The van der Waals surface area contributed by atoms with Crippen molar-refractivity contribution in [3.8, 4) is 5.69 Å². The van der Waals surface area contributed by atoms with Crippen LogP contribution >= 0.6 is 0 Å². The second-order valence-corrected chi connectivity index (χ2v) is 5.20. The van der Waals surface area contributed by atoms with Crippen molar-refractivity contribution in [3.05, 3.63) is 66.5 Å². The van der Waals surface area contributed by atoms with E-state index in [2.05, 4.69) is 34.7 Å². The molecule has 0 aliphatic carbocycles. The first-order chi connectivity index (χ1) is 9.74. The average molecular weight is 266 g/mol. The molecule has 1 aromatic carbocycles. The molecular weight excluding hydrogens is 248 g/mol. The molecule has 20 heavy (non-hydrogen) atoms. The molecule has 0 atom stereocenters. The van der Waals surface area contributed by atoms with Gasteiger partial charge in [0, 0.05) is 30.1 Å². The summed E-state index contributed by atoms with van der Waals surface area (Å²) in [5.41, 5.74) is 2.25. The lowest BCUT2D eigenvalue weighted by atomic mass is 10.2. The molecule has 0 amide bonds. The van der Waals surface area contributed by atoms with Crippen molar-refractivity contribution >= 4 is 0 Å². The second kappa shape index (κ2) is 5.33. The molecule has 0 radical (unpaired) electrons. The van der Waals surface area contributed by atoms with Crippen molar-refractivity contribution in [2.75, 3.05) is 0 Å². The molecule has 0 spiro atoms. The predicted octanol–water partition coefficient (Wildman–Crippen LogP) is 3.24. The highest BCUT2D eigenvalue weighted by molar-refractivity contribution is 5.31. The molecule has 3 aromatic rings. The van der Waals surface area contributed by atoms with Crippen LogP contribution in [-0.2, 0) is 6.54 Å². The summed E-state index contributed by atoms with van der Waals surface area (Å²) in [7, 11) is 0. The molecule has 0 aliphatic rings. The minimum atomic E-state index is 0.425. The summed E-state index contributed by atoms with van der Waals surface area (Å²) in [4.78, 5) is 4.41. The van der Waals surface area contributed by atoms with Gasteiger partial charge in [0.25, 0.3) is 0 Å². The van der Waals surface area contributed by atoms with Crippen molar-refractivity contribution in [1.82, 2.24) is 19.3 Å². The molecule has 2 aromatic heterocycles. The molecule has 3 rings (SSSR count). The first-order valence-electron chi connectivity index (χ1n) is 6.84. The van der Waals surface area contributed by atoms with Crippen LogP contribution in [0.3, 0.4) is 0 Å². The third-order valence-electron chi connectivity index (χ3n) is 3.27. The van der Waals surface area contributed by atoms with E-state index in [9.17, 15) is 0 Å². The smallest absolute Gasteiger partial charge is 0.111 e. The van der Waals surface area contributed by atoms with Crippen LogP contribution in [-0.4, -0.2) is 19.3 Å². The van der Waals surface area contributed by atoms with Crippen LogP contribution in [0.4, 0.5) is 0 Å². The average Bonchev–Trinajstić information content (AvgIpc) is 3.09. The predicted molar refractivity (Wildman–Crippen MR) is 79.0 cm³/mol. The zero-order valence-corrected chi connectivity index (χ0v) is 11.8. The SMILES string of the molecule is CC(C)c1nccn1Cc1cnn(-c2ccccc2)c1. The summed E-state index contributed by atoms with van der Waals surface area (Å²) in [6.45, 7) is 5.12. The van der Waals surface area contributed by atoms with Gasteiger partial charge in [-0.25, -0.2) is 9.67 Å². The Morgan fingerprint density at radius 2 is 1.95 bits per heavy atom. The van der Waals surface area contributed by atoms with E-state index < -0.39 is 0 Å². The van der Waals surface area contributed by atoms with Gasteiger partial charge < -0.3 is 4.57 Å². The summed E-state index contributed by atoms with van der Waals surface area (Å²) in [6.07, 6.45) is 7.86. The summed E-state index contributed by atoms with van der Waals surface area (Å²) >= 11 is 0. The highest BCUT2D eigenvalue weighted by Gasteiger charge is 2.08. The Labute approximate surface area is 118 Å². The van der Waals surface area contributed by atoms with E-state index in [-0.39, 0.29) is 0 Å². The lowest BCUT2D eigenvalue weighted by Crippen LogP contribution is -2.05. The summed E-state index contributed by atoms with van der Waals surface area (Å²) in [5.74, 6) is 1.53. The van der Waals surface area contributed by atoms with Gasteiger partial charge in [-0.3, -0.25) is 0 Å². The van der Waals surface area contributed by atoms with Gasteiger partial charge in [-0.05, 0) is 12.1 Å². The van der Waals surface area contributed by atoms with Gasteiger partial charge in [0.15, 0.2) is 0 Å². The number of para-hydroxylation sites is 1. The number of rotatable bonds is 4. The fraction of sp³-hybridized carbons (Fsp3) is 0.250. The normalized spacial score (nSPS) is 11.2. The quantitative estimate of drug-likeness (QED) is 0.726. The Bertz CT molecular complexity index is 679. The van der Waals surface area contributed by atoms with Crippen LogP contribution in [0.5, 0.6) is 0 Å². The Balaban J connectivity index is 1.83. The van der Waals surface area contributed by atoms with Crippen LogP contribution in [0.15, 0.2) is 55.1 Å². The van der Waals surface area contributed by atoms with Gasteiger partial charge in [0.05, 0.1) is 18.4 Å². The molecule has 0 saturated carbocycles. The fourth-order valence-corrected chi connectivity index (χ4v) is 2.32. The monoisotopic (exact) mass is 266 g/mol. The maximum Gasteiger partial charge on any atom is 0.111 e. The molecule has 0 bridgehead atoms. The van der Waals surface area contributed by atoms with Gasteiger partial charge in [-0.1, -0.05) is 32.0 Å². The minimum Gasteiger partial charge on any atom is -0.330 e. The standard InChI is InChI=1S/C16H18N4/c1-13(2)16-17-8-9-19(16)11-14-10-18-20(12-14)15-6-4-3-5-7-15/h3-10,12-13H,11H2,1-2H3. The number of hydrogen-bond donors (Lipinski definition) is 0. The van der Waals surface area contributed by atoms with Crippen LogP contribution in [0, 0.1) is 0 Å². The molecule has 102 valence electrons. The van der Waals surface area contributed by atoms with Crippen LogP contribution in [0.25, 0.3) is 5.69 Å². The number of benzene rings is 1. The molecular formula is C16H18N4. The van der Waals surface area contributed by atoms with Crippen molar-refractivity contribution in [2.45, 2.75) is 26.3 Å². The van der Waals surface area contributed by atoms with Gasteiger partial charge >= 0.3 is 0 Å². The molecule has 4 nitrogen and oxygen atoms in total. The summed E-state index contributed by atoms with van der Waals surface area (Å²) in [5, 5.41) is 4.42. The first-order valence-corrected chi connectivity index (χ1v) is 6.84. The zero-order valence-electron chi connectivity index (χ0n) is 11.8. The molecule has 0 unspecified atom stereocenters. The second-order valence-electron chi connectivity index (χ2n) is 5.20. The van der Waals surface area contributed by atoms with Gasteiger partial charge in [-0.2, -0.15) is 5.10 Å². The van der Waals surface area contributed by atoms with Gasteiger partial charge in [0.1, 0.15) is 5.82 Å². The van der Waals surface area contributed by atoms with Crippen LogP contribution < -0.4 is 0 Å². The Morgan fingerprint density at radius 1 is 1.15 bits per heavy atom. The first kappa shape index (κ1) is 12.7. The molecule has 0 fully saturated rings. The molecule has 2 heterocycles. The highest BCUT2D eigenvalue weighted by Crippen LogP contribution is 2.14. The maximum absolute atomic E-state index is 4.42. The molecule has 4 heteroatoms. The maximum atomic E-state index is 4.42. The van der Waals surface area contributed by atoms with E-state index in [0.717, 1.165) is 18.1 Å². The Morgan fingerprint density at radius 3 is 2.70 bits per heavy atom. The summed E-state index contributed by atoms with van der Waals surface area (Å²) in [6, 6.07) is 10.1. The zero-order chi connectivity index (χ0) is 13.9. The number of nitrogens with zero attached hydrogens (tertiary/aromatic N) is 4. The Hall–Kier alpha value is -2.36. The lowest BCUT2D eigenvalue weighted by Gasteiger charge is -2.08. The van der Waals surface area contributed by atoms with Crippen LogP contribution in [0.2, 0.25) is 0 Å². The van der Waals surface area contributed by atoms with E-state index in [1.807, 2.05) is 53.6 Å². The number of aromatic nitrogens is 4. The largest absolute Gasteiger partial charge is 0.330 e.